The number of amides is 3. The Morgan fingerprint density at radius 3 is 0.805 bits per heavy atom. The first-order chi connectivity index (χ1) is 38.5. The van der Waals surface area contributed by atoms with Gasteiger partial charge < -0.3 is 66.6 Å². The number of ether oxygens (including phenoxy) is 1. The minimum atomic E-state index is -1.74. The van der Waals surface area contributed by atoms with Gasteiger partial charge in [0.15, 0.2) is 0 Å². The minimum absolute atomic E-state index is 0.248. The highest BCUT2D eigenvalue weighted by atomic mass is 16.5. The molecule has 2 aromatic carbocycles. The van der Waals surface area contributed by atoms with Gasteiger partial charge in [-0.15, -0.1) is 0 Å². The summed E-state index contributed by atoms with van der Waals surface area (Å²) in [5.74, 6) is -16.4. The molecule has 2 aromatic rings. The lowest BCUT2D eigenvalue weighted by Crippen LogP contribution is -2.50. The zero-order valence-corrected chi connectivity index (χ0v) is 45.3. The van der Waals surface area contributed by atoms with E-state index in [-0.39, 0.29) is 6.61 Å². The van der Waals surface area contributed by atoms with E-state index >= 15 is 0 Å². The van der Waals surface area contributed by atoms with Gasteiger partial charge in [0.25, 0.3) is 0 Å². The molecule has 0 fully saturated rings. The second kappa shape index (κ2) is 32.1. The highest BCUT2D eigenvalue weighted by Gasteiger charge is 2.41. The predicted molar refractivity (Wildman–Crippen MR) is 284 cm³/mol. The van der Waals surface area contributed by atoms with Crippen molar-refractivity contribution in [3.8, 4) is 11.1 Å². The van der Waals surface area contributed by atoms with Crippen molar-refractivity contribution in [3.63, 3.8) is 0 Å². The number of rotatable bonds is 43. The number of fused-ring (bicyclic) bond motifs is 3. The Morgan fingerprint density at radius 1 is 0.341 bits per heavy atom. The third kappa shape index (κ3) is 23.7. The summed E-state index contributed by atoms with van der Waals surface area (Å²) in [7, 11) is 0. The highest BCUT2D eigenvalue weighted by molar-refractivity contribution is 5.82. The number of esters is 1. The van der Waals surface area contributed by atoms with E-state index in [0.29, 0.717) is 0 Å². The Morgan fingerprint density at radius 2 is 0.573 bits per heavy atom. The monoisotopic (exact) mass is 1160 g/mol. The van der Waals surface area contributed by atoms with Crippen molar-refractivity contribution in [3.05, 3.63) is 59.7 Å². The van der Waals surface area contributed by atoms with Crippen LogP contribution in [0.3, 0.4) is 0 Å². The molecule has 0 saturated carbocycles. The van der Waals surface area contributed by atoms with Crippen molar-refractivity contribution >= 4 is 77.4 Å². The van der Waals surface area contributed by atoms with Crippen molar-refractivity contribution in [2.75, 3.05) is 6.61 Å². The summed E-state index contributed by atoms with van der Waals surface area (Å²) >= 11 is 0. The van der Waals surface area contributed by atoms with Gasteiger partial charge in [-0.2, -0.15) is 0 Å². The number of nitrogens with one attached hydrogen (secondary N) is 3. The molecule has 0 saturated heterocycles. The molecular weight excluding hydrogens is 1080 g/mol. The van der Waals surface area contributed by atoms with E-state index in [2.05, 4.69) is 16.0 Å². The first-order valence-electron chi connectivity index (χ1n) is 26.7. The summed E-state index contributed by atoms with van der Waals surface area (Å²) in [4.78, 5) is 164. The molecular formula is C56H73N3O23. The standard InChI is InChI=1S/C56H73N3O23/c60-40(57-54(24-12-43(63)64,25-13-44(65)66)26-14-45(67)68)9-21-53(22-10-41(61)58-55(27-15-46(69)70,28-16-47(71)72)29-17-48(73)74,23-11-42(62)59-56(30-18-49(75)76,31-19-50(77)78)32-20-51(79)80)33-52(81)82-34-39-37-7-3-1-5-35(37)36-6-2-4-8-38(36)39/h1-8,39H,9-34H2,(H,57,60)(H,58,61)(H,59,62)(H,63,64)(H,65,66)(H,67,68)(H,69,70)(H,71,72)(H,73,74)(H,75,76)(H,77,78)(H,79,80). The van der Waals surface area contributed by atoms with Crippen molar-refractivity contribution in [1.29, 1.82) is 0 Å². The largest absolute Gasteiger partial charge is 0.481 e. The van der Waals surface area contributed by atoms with Crippen LogP contribution in [0.15, 0.2) is 48.5 Å². The number of benzene rings is 2. The molecule has 0 aromatic heterocycles. The van der Waals surface area contributed by atoms with Gasteiger partial charge in [0.05, 0.1) is 6.42 Å². The molecule has 0 aliphatic heterocycles. The summed E-state index contributed by atoms with van der Waals surface area (Å²) < 4.78 is 6.01. The molecule has 3 amide bonds. The fourth-order valence-electron chi connectivity index (χ4n) is 10.6. The summed E-state index contributed by atoms with van der Waals surface area (Å²) in [6, 6.07) is 14.7. The van der Waals surface area contributed by atoms with E-state index in [1.165, 1.54) is 0 Å². The third-order valence-electron chi connectivity index (χ3n) is 15.1. The van der Waals surface area contributed by atoms with Gasteiger partial charge in [-0.1, -0.05) is 48.5 Å². The molecule has 26 nitrogen and oxygen atoms in total. The van der Waals surface area contributed by atoms with Crippen LogP contribution in [0.5, 0.6) is 0 Å². The number of carbonyl (C=O) groups is 13. The number of hydrogen-bond donors (Lipinski definition) is 12. The molecule has 82 heavy (non-hydrogen) atoms. The first kappa shape index (κ1) is 67.8. The van der Waals surface area contributed by atoms with Gasteiger partial charge >= 0.3 is 59.7 Å². The van der Waals surface area contributed by atoms with Crippen LogP contribution in [-0.2, 0) is 67.1 Å². The summed E-state index contributed by atoms with van der Waals surface area (Å²) in [6.45, 7) is -0.248. The number of hydrogen-bond acceptors (Lipinski definition) is 14. The fourth-order valence-corrected chi connectivity index (χ4v) is 10.6. The van der Waals surface area contributed by atoms with Crippen LogP contribution >= 0.6 is 0 Å². The van der Waals surface area contributed by atoms with Crippen molar-refractivity contribution in [2.24, 2.45) is 5.41 Å². The highest BCUT2D eigenvalue weighted by Crippen LogP contribution is 2.45. The summed E-state index contributed by atoms with van der Waals surface area (Å²) in [6.07, 6.45) is -13.7. The first-order valence-corrected chi connectivity index (χ1v) is 26.7. The topological polar surface area (TPSA) is 449 Å². The number of aliphatic carboxylic acids is 9. The van der Waals surface area contributed by atoms with E-state index in [9.17, 15) is 108 Å². The van der Waals surface area contributed by atoms with Crippen molar-refractivity contribution < 1.29 is 113 Å². The van der Waals surface area contributed by atoms with Crippen molar-refractivity contribution in [2.45, 2.75) is 183 Å². The maximum atomic E-state index is 14.6. The number of carboxylic acids is 9. The lowest BCUT2D eigenvalue weighted by Gasteiger charge is -2.38. The van der Waals surface area contributed by atoms with Crippen LogP contribution in [0.2, 0.25) is 0 Å². The zero-order chi connectivity index (χ0) is 61.3. The van der Waals surface area contributed by atoms with Gasteiger partial charge in [-0.05, 0) is 105 Å². The smallest absolute Gasteiger partial charge is 0.306 e. The number of carboxylic acid groups (broad SMARTS) is 9. The van der Waals surface area contributed by atoms with Gasteiger partial charge in [-0.3, -0.25) is 62.3 Å². The number of carbonyl (C=O) groups excluding carboxylic acids is 4. The molecule has 1 aliphatic carbocycles. The van der Waals surface area contributed by atoms with E-state index in [1.54, 1.807) is 12.1 Å². The van der Waals surface area contributed by atoms with Gasteiger partial charge in [0, 0.05) is 99.6 Å². The molecule has 0 radical (unpaired) electrons. The average Bonchev–Trinajstić information content (AvgIpc) is 3.99. The van der Waals surface area contributed by atoms with Gasteiger partial charge in [-0.25, -0.2) is 0 Å². The molecule has 0 heterocycles. The van der Waals surface area contributed by atoms with E-state index in [0.717, 1.165) is 22.3 Å². The van der Waals surface area contributed by atoms with E-state index < -0.39 is 266 Å². The van der Waals surface area contributed by atoms with E-state index in [4.69, 9.17) is 4.74 Å². The molecule has 3 rings (SSSR count). The molecule has 0 spiro atoms. The van der Waals surface area contributed by atoms with Crippen LogP contribution in [-0.4, -0.2) is 147 Å². The second-order valence-electron chi connectivity index (χ2n) is 21.1. The Kier molecular flexibility index (Phi) is 26.6. The SMILES string of the molecule is O=C(O)CCC(CCC(=O)O)(CCC(=O)O)NC(=O)CCC(CCC(=O)NC(CCC(=O)O)(CCC(=O)O)CCC(=O)O)(CCC(=O)NC(CCC(=O)O)(CCC(=O)O)CCC(=O)O)CC(=O)OCC1c2ccccc2-c2ccccc21. The van der Waals surface area contributed by atoms with Crippen LogP contribution < -0.4 is 16.0 Å². The predicted octanol–water partition coefficient (Wildman–Crippen LogP) is 5.41. The Labute approximate surface area is 471 Å². The summed E-state index contributed by atoms with van der Waals surface area (Å²) in [5, 5.41) is 94.6. The van der Waals surface area contributed by atoms with E-state index in [1.807, 2.05) is 36.4 Å². The zero-order valence-electron chi connectivity index (χ0n) is 45.3. The van der Waals surface area contributed by atoms with Gasteiger partial charge in [0.2, 0.25) is 17.7 Å². The van der Waals surface area contributed by atoms with Crippen LogP contribution in [0, 0.1) is 5.41 Å². The third-order valence-corrected chi connectivity index (χ3v) is 15.1. The Hall–Kier alpha value is -8.45. The lowest BCUT2D eigenvalue weighted by atomic mass is 9.72. The molecule has 0 atom stereocenters. The normalized spacial score (nSPS) is 12.2. The van der Waals surface area contributed by atoms with Crippen LogP contribution in [0.1, 0.15) is 178 Å². The molecule has 0 bridgehead atoms. The van der Waals surface area contributed by atoms with Crippen LogP contribution in [0.25, 0.3) is 11.1 Å². The molecule has 1 aliphatic rings. The average molecular weight is 1160 g/mol. The minimum Gasteiger partial charge on any atom is -0.481 e. The maximum Gasteiger partial charge on any atom is 0.306 e. The lowest BCUT2D eigenvalue weighted by molar-refractivity contribution is -0.148. The molecule has 450 valence electrons. The molecule has 12 N–H and O–H groups in total. The second-order valence-corrected chi connectivity index (χ2v) is 21.1. The maximum absolute atomic E-state index is 14.6. The quantitative estimate of drug-likeness (QED) is 0.0369. The fraction of sp³-hybridized carbons (Fsp3) is 0.554. The van der Waals surface area contributed by atoms with Crippen molar-refractivity contribution in [1.82, 2.24) is 16.0 Å². The Bertz CT molecular complexity index is 2290. The van der Waals surface area contributed by atoms with Gasteiger partial charge in [0.1, 0.15) is 6.61 Å². The van der Waals surface area contributed by atoms with Crippen LogP contribution in [0.4, 0.5) is 0 Å². The summed E-state index contributed by atoms with van der Waals surface area (Å²) in [5.41, 5.74) is -3.57. The molecule has 26 heteroatoms. The molecule has 0 unspecified atom stereocenters. The Balaban J connectivity index is 2.25.